The standard InChI is InChI=1S/C16H23N3O/c1-16(20,15-7-3-2-4-8-15)13-17-9-5-6-11-19-12-10-18-14-19/h2-4,7-8,10,12,14,17,20H,5-6,9,11,13H2,1H3. The highest BCUT2D eigenvalue weighted by atomic mass is 16.3. The molecular formula is C16H23N3O. The van der Waals surface area contributed by atoms with Gasteiger partial charge < -0.3 is 15.0 Å². The zero-order valence-corrected chi connectivity index (χ0v) is 12.0. The molecule has 0 aliphatic heterocycles. The second kappa shape index (κ2) is 7.22. The molecule has 0 amide bonds. The zero-order valence-electron chi connectivity index (χ0n) is 12.0. The van der Waals surface area contributed by atoms with Crippen LogP contribution in [-0.2, 0) is 12.1 Å². The van der Waals surface area contributed by atoms with Crippen molar-refractivity contribution in [2.24, 2.45) is 0 Å². The Hall–Kier alpha value is -1.65. The van der Waals surface area contributed by atoms with Crippen LogP contribution in [0.5, 0.6) is 0 Å². The lowest BCUT2D eigenvalue weighted by molar-refractivity contribution is 0.0571. The number of aryl methyl sites for hydroxylation is 1. The van der Waals surface area contributed by atoms with Crippen LogP contribution in [0, 0.1) is 0 Å². The first-order chi connectivity index (χ1) is 9.68. The van der Waals surface area contributed by atoms with Crippen LogP contribution in [0.4, 0.5) is 0 Å². The van der Waals surface area contributed by atoms with Crippen LogP contribution in [0.15, 0.2) is 49.1 Å². The van der Waals surface area contributed by atoms with Crippen molar-refractivity contribution in [2.45, 2.75) is 31.9 Å². The average molecular weight is 273 g/mol. The minimum Gasteiger partial charge on any atom is -0.384 e. The number of benzene rings is 1. The van der Waals surface area contributed by atoms with Gasteiger partial charge in [0.05, 0.1) is 11.9 Å². The first kappa shape index (κ1) is 14.8. The molecule has 0 bridgehead atoms. The summed E-state index contributed by atoms with van der Waals surface area (Å²) in [6.45, 7) is 4.33. The molecule has 20 heavy (non-hydrogen) atoms. The summed E-state index contributed by atoms with van der Waals surface area (Å²) < 4.78 is 2.08. The van der Waals surface area contributed by atoms with Crippen LogP contribution in [0.2, 0.25) is 0 Å². The Bertz CT molecular complexity index is 480. The van der Waals surface area contributed by atoms with Gasteiger partial charge in [0, 0.05) is 25.5 Å². The third kappa shape index (κ3) is 4.47. The van der Waals surface area contributed by atoms with E-state index in [0.29, 0.717) is 6.54 Å². The van der Waals surface area contributed by atoms with Gasteiger partial charge in [0.2, 0.25) is 0 Å². The smallest absolute Gasteiger partial charge is 0.0992 e. The van der Waals surface area contributed by atoms with E-state index in [2.05, 4.69) is 14.9 Å². The van der Waals surface area contributed by atoms with Gasteiger partial charge in [-0.2, -0.15) is 0 Å². The molecule has 0 radical (unpaired) electrons. The third-order valence-electron chi connectivity index (χ3n) is 3.44. The van der Waals surface area contributed by atoms with Crippen LogP contribution in [0.3, 0.4) is 0 Å². The van der Waals surface area contributed by atoms with Gasteiger partial charge in [0.25, 0.3) is 0 Å². The largest absolute Gasteiger partial charge is 0.384 e. The first-order valence-electron chi connectivity index (χ1n) is 7.13. The molecule has 1 aromatic carbocycles. The van der Waals surface area contributed by atoms with Gasteiger partial charge in [-0.15, -0.1) is 0 Å². The summed E-state index contributed by atoms with van der Waals surface area (Å²) in [6.07, 6.45) is 7.82. The minimum atomic E-state index is -0.814. The first-order valence-corrected chi connectivity index (χ1v) is 7.13. The maximum atomic E-state index is 10.4. The molecule has 1 atom stereocenters. The molecule has 4 nitrogen and oxygen atoms in total. The van der Waals surface area contributed by atoms with Crippen LogP contribution in [0.25, 0.3) is 0 Å². The normalized spacial score (nSPS) is 14.1. The van der Waals surface area contributed by atoms with Gasteiger partial charge in [-0.1, -0.05) is 30.3 Å². The molecule has 0 aliphatic rings. The van der Waals surface area contributed by atoms with Gasteiger partial charge >= 0.3 is 0 Å². The van der Waals surface area contributed by atoms with E-state index in [1.165, 1.54) is 0 Å². The molecule has 108 valence electrons. The second-order valence-corrected chi connectivity index (χ2v) is 5.32. The molecule has 0 saturated heterocycles. The highest BCUT2D eigenvalue weighted by molar-refractivity contribution is 5.21. The van der Waals surface area contributed by atoms with Crippen molar-refractivity contribution >= 4 is 0 Å². The fourth-order valence-corrected chi connectivity index (χ4v) is 2.19. The second-order valence-electron chi connectivity index (χ2n) is 5.32. The van der Waals surface area contributed by atoms with Gasteiger partial charge in [0.1, 0.15) is 0 Å². The summed E-state index contributed by atoms with van der Waals surface area (Å²) in [6, 6.07) is 9.79. The predicted octanol–water partition coefficient (Wildman–Crippen LogP) is 2.16. The Kier molecular flexibility index (Phi) is 5.32. The molecule has 4 heteroatoms. The highest BCUT2D eigenvalue weighted by Gasteiger charge is 2.21. The van der Waals surface area contributed by atoms with Crippen LogP contribution < -0.4 is 5.32 Å². The summed E-state index contributed by atoms with van der Waals surface area (Å²) in [4.78, 5) is 4.02. The number of nitrogens with one attached hydrogen (secondary N) is 1. The monoisotopic (exact) mass is 273 g/mol. The Balaban J connectivity index is 1.63. The van der Waals surface area contributed by atoms with Crippen molar-refractivity contribution < 1.29 is 5.11 Å². The van der Waals surface area contributed by atoms with E-state index in [0.717, 1.165) is 31.5 Å². The molecule has 1 unspecified atom stereocenters. The summed E-state index contributed by atoms with van der Waals surface area (Å²) in [7, 11) is 0. The van der Waals surface area contributed by atoms with E-state index >= 15 is 0 Å². The van der Waals surface area contributed by atoms with Gasteiger partial charge in [-0.05, 0) is 31.9 Å². The number of aromatic nitrogens is 2. The van der Waals surface area contributed by atoms with E-state index in [9.17, 15) is 5.11 Å². The minimum absolute atomic E-state index is 0.572. The Labute approximate surface area is 120 Å². The van der Waals surface area contributed by atoms with Crippen molar-refractivity contribution in [3.63, 3.8) is 0 Å². The van der Waals surface area contributed by atoms with Gasteiger partial charge in [-0.3, -0.25) is 0 Å². The predicted molar refractivity (Wildman–Crippen MR) is 80.3 cm³/mol. The van der Waals surface area contributed by atoms with E-state index in [1.807, 2.05) is 49.8 Å². The summed E-state index contributed by atoms with van der Waals surface area (Å²) >= 11 is 0. The number of imidazole rings is 1. The number of aliphatic hydroxyl groups is 1. The summed E-state index contributed by atoms with van der Waals surface area (Å²) in [5, 5.41) is 13.7. The number of hydrogen-bond donors (Lipinski definition) is 2. The molecule has 0 saturated carbocycles. The zero-order chi connectivity index (χ0) is 14.3. The maximum absolute atomic E-state index is 10.4. The molecule has 0 spiro atoms. The molecular weight excluding hydrogens is 250 g/mol. The Morgan fingerprint density at radius 1 is 1.25 bits per heavy atom. The van der Waals surface area contributed by atoms with E-state index in [4.69, 9.17) is 0 Å². The lowest BCUT2D eigenvalue weighted by Gasteiger charge is -2.24. The van der Waals surface area contributed by atoms with Crippen LogP contribution in [-0.4, -0.2) is 27.7 Å². The Morgan fingerprint density at radius 2 is 2.05 bits per heavy atom. The van der Waals surface area contributed by atoms with Gasteiger partial charge in [0.15, 0.2) is 0 Å². The number of unbranched alkanes of at least 4 members (excludes halogenated alkanes) is 1. The van der Waals surface area contributed by atoms with Crippen LogP contribution >= 0.6 is 0 Å². The highest BCUT2D eigenvalue weighted by Crippen LogP contribution is 2.18. The fourth-order valence-electron chi connectivity index (χ4n) is 2.19. The van der Waals surface area contributed by atoms with Crippen molar-refractivity contribution in [1.29, 1.82) is 0 Å². The van der Waals surface area contributed by atoms with E-state index in [1.54, 1.807) is 6.20 Å². The Morgan fingerprint density at radius 3 is 2.75 bits per heavy atom. The molecule has 1 heterocycles. The van der Waals surface area contributed by atoms with Crippen molar-refractivity contribution in [2.75, 3.05) is 13.1 Å². The third-order valence-corrected chi connectivity index (χ3v) is 3.44. The van der Waals surface area contributed by atoms with Crippen molar-refractivity contribution in [3.05, 3.63) is 54.6 Å². The number of nitrogens with zero attached hydrogens (tertiary/aromatic N) is 2. The summed E-state index contributed by atoms with van der Waals surface area (Å²) in [5.74, 6) is 0. The molecule has 2 aromatic rings. The SMILES string of the molecule is CC(O)(CNCCCCn1ccnc1)c1ccccc1. The van der Waals surface area contributed by atoms with E-state index in [-0.39, 0.29) is 0 Å². The lowest BCUT2D eigenvalue weighted by atomic mass is 9.96. The topological polar surface area (TPSA) is 50.1 Å². The van der Waals surface area contributed by atoms with Gasteiger partial charge in [-0.25, -0.2) is 4.98 Å². The molecule has 0 fully saturated rings. The number of hydrogen-bond acceptors (Lipinski definition) is 3. The molecule has 2 rings (SSSR count). The maximum Gasteiger partial charge on any atom is 0.0992 e. The molecule has 0 aliphatic carbocycles. The summed E-state index contributed by atoms with van der Waals surface area (Å²) in [5.41, 5.74) is 0.136. The van der Waals surface area contributed by atoms with Crippen molar-refractivity contribution in [1.82, 2.24) is 14.9 Å². The fraction of sp³-hybridized carbons (Fsp3) is 0.438. The quantitative estimate of drug-likeness (QED) is 0.725. The average Bonchev–Trinajstić information content (AvgIpc) is 2.97. The lowest BCUT2D eigenvalue weighted by Crippen LogP contribution is -2.35. The number of rotatable bonds is 8. The molecule has 1 aromatic heterocycles. The van der Waals surface area contributed by atoms with Crippen molar-refractivity contribution in [3.8, 4) is 0 Å². The van der Waals surface area contributed by atoms with Crippen LogP contribution in [0.1, 0.15) is 25.3 Å². The van der Waals surface area contributed by atoms with E-state index < -0.39 is 5.60 Å². The molecule has 2 N–H and O–H groups in total.